The highest BCUT2D eigenvalue weighted by Crippen LogP contribution is 2.01. The third-order valence-corrected chi connectivity index (χ3v) is 3.22. The number of nitrogens with one attached hydrogen (secondary N) is 1. The maximum Gasteiger partial charge on any atom is 0.270 e. The number of hydrogen-bond acceptors (Lipinski definition) is 4. The molecule has 1 N–H and O–H groups in total. The number of rotatable bonds is 4. The van der Waals surface area contributed by atoms with Crippen LogP contribution >= 0.6 is 0 Å². The molecule has 0 radical (unpaired) electrons. The Labute approximate surface area is 127 Å². The highest BCUT2D eigenvalue weighted by atomic mass is 16.2. The lowest BCUT2D eigenvalue weighted by atomic mass is 10.2. The summed E-state index contributed by atoms with van der Waals surface area (Å²) < 4.78 is 1.34. The number of nitrogens with zero attached hydrogens (tertiary/aromatic N) is 3. The second kappa shape index (κ2) is 6.38. The van der Waals surface area contributed by atoms with Gasteiger partial charge in [0.05, 0.1) is 0 Å². The van der Waals surface area contributed by atoms with E-state index >= 15 is 0 Å². The summed E-state index contributed by atoms with van der Waals surface area (Å²) in [5, 5.41) is 2.57. The van der Waals surface area contributed by atoms with Crippen molar-refractivity contribution in [2.75, 3.05) is 20.6 Å². The van der Waals surface area contributed by atoms with E-state index in [1.54, 1.807) is 26.4 Å². The Kier molecular flexibility index (Phi) is 4.55. The third-order valence-electron chi connectivity index (χ3n) is 3.22. The van der Waals surface area contributed by atoms with E-state index in [1.165, 1.54) is 15.5 Å². The van der Waals surface area contributed by atoms with Crippen LogP contribution in [0.2, 0.25) is 0 Å². The SMILES string of the molecule is Cc1ccc2ncc(C(=O)NCCC(=O)N(C)C)c(=O)n2c1. The van der Waals surface area contributed by atoms with Crippen LogP contribution < -0.4 is 10.9 Å². The molecule has 0 aliphatic heterocycles. The van der Waals surface area contributed by atoms with E-state index in [1.807, 2.05) is 13.0 Å². The molecule has 7 nitrogen and oxygen atoms in total. The van der Waals surface area contributed by atoms with Gasteiger partial charge in [0, 0.05) is 39.5 Å². The fourth-order valence-corrected chi connectivity index (χ4v) is 1.94. The Morgan fingerprint density at radius 3 is 2.73 bits per heavy atom. The smallest absolute Gasteiger partial charge is 0.270 e. The summed E-state index contributed by atoms with van der Waals surface area (Å²) in [6.45, 7) is 2.03. The van der Waals surface area contributed by atoms with Gasteiger partial charge in [0.1, 0.15) is 11.2 Å². The summed E-state index contributed by atoms with van der Waals surface area (Å²) in [6, 6.07) is 3.56. The fourth-order valence-electron chi connectivity index (χ4n) is 1.94. The molecule has 0 saturated heterocycles. The molecule has 0 aliphatic rings. The zero-order valence-corrected chi connectivity index (χ0v) is 12.8. The monoisotopic (exact) mass is 302 g/mol. The molecule has 0 bridgehead atoms. The lowest BCUT2D eigenvalue weighted by Gasteiger charge is -2.10. The number of hydrogen-bond donors (Lipinski definition) is 1. The van der Waals surface area contributed by atoms with Crippen LogP contribution in [0.25, 0.3) is 5.65 Å². The summed E-state index contributed by atoms with van der Waals surface area (Å²) in [5.74, 6) is -0.621. The molecule has 2 aromatic heterocycles. The summed E-state index contributed by atoms with van der Waals surface area (Å²) in [5.41, 5.74) is 0.908. The van der Waals surface area contributed by atoms with Crippen molar-refractivity contribution in [3.05, 3.63) is 46.0 Å². The average molecular weight is 302 g/mol. The van der Waals surface area contributed by atoms with Crippen LogP contribution in [0, 0.1) is 6.92 Å². The molecule has 2 rings (SSSR count). The average Bonchev–Trinajstić information content (AvgIpc) is 2.47. The summed E-state index contributed by atoms with van der Waals surface area (Å²) >= 11 is 0. The van der Waals surface area contributed by atoms with Crippen LogP contribution in [0.3, 0.4) is 0 Å². The lowest BCUT2D eigenvalue weighted by Crippen LogP contribution is -2.34. The molecule has 0 unspecified atom stereocenters. The van der Waals surface area contributed by atoms with E-state index in [4.69, 9.17) is 0 Å². The minimum absolute atomic E-state index is 0.0413. The molecule has 2 aromatic rings. The molecule has 22 heavy (non-hydrogen) atoms. The molecule has 0 aromatic carbocycles. The van der Waals surface area contributed by atoms with Crippen LogP contribution in [-0.4, -0.2) is 46.7 Å². The number of fused-ring (bicyclic) bond motifs is 1. The van der Waals surface area contributed by atoms with E-state index in [-0.39, 0.29) is 24.4 Å². The Morgan fingerprint density at radius 1 is 1.32 bits per heavy atom. The first-order valence-electron chi connectivity index (χ1n) is 6.86. The van der Waals surface area contributed by atoms with Gasteiger partial charge in [-0.1, -0.05) is 6.07 Å². The number of pyridine rings is 1. The molecular weight excluding hydrogens is 284 g/mol. The summed E-state index contributed by atoms with van der Waals surface area (Å²) in [4.78, 5) is 41.4. The predicted octanol–water partition coefficient (Wildman–Crippen LogP) is 0.211. The van der Waals surface area contributed by atoms with E-state index in [2.05, 4.69) is 10.3 Å². The number of carbonyl (C=O) groups excluding carboxylic acids is 2. The Balaban J connectivity index is 2.17. The van der Waals surface area contributed by atoms with Gasteiger partial charge >= 0.3 is 0 Å². The van der Waals surface area contributed by atoms with Gasteiger partial charge in [-0.15, -0.1) is 0 Å². The van der Waals surface area contributed by atoms with Crippen molar-refractivity contribution < 1.29 is 9.59 Å². The van der Waals surface area contributed by atoms with Crippen LogP contribution in [0.4, 0.5) is 0 Å². The predicted molar refractivity (Wildman–Crippen MR) is 81.8 cm³/mol. The van der Waals surface area contributed by atoms with Crippen molar-refractivity contribution in [3.8, 4) is 0 Å². The fraction of sp³-hybridized carbons (Fsp3) is 0.333. The normalized spacial score (nSPS) is 10.5. The molecule has 2 heterocycles. The second-order valence-corrected chi connectivity index (χ2v) is 5.21. The van der Waals surface area contributed by atoms with Crippen molar-refractivity contribution in [2.45, 2.75) is 13.3 Å². The number of aryl methyl sites for hydroxylation is 1. The van der Waals surface area contributed by atoms with E-state index < -0.39 is 11.5 Å². The van der Waals surface area contributed by atoms with Gasteiger partial charge in [0.25, 0.3) is 11.5 Å². The third kappa shape index (κ3) is 3.30. The van der Waals surface area contributed by atoms with Crippen molar-refractivity contribution >= 4 is 17.5 Å². The zero-order chi connectivity index (χ0) is 16.3. The Morgan fingerprint density at radius 2 is 2.05 bits per heavy atom. The first kappa shape index (κ1) is 15.7. The van der Waals surface area contributed by atoms with Gasteiger partial charge < -0.3 is 10.2 Å². The largest absolute Gasteiger partial charge is 0.351 e. The molecule has 116 valence electrons. The molecule has 0 saturated carbocycles. The topological polar surface area (TPSA) is 83.8 Å². The Bertz CT molecular complexity index is 780. The first-order chi connectivity index (χ1) is 10.4. The number of carbonyl (C=O) groups is 2. The zero-order valence-electron chi connectivity index (χ0n) is 12.8. The summed E-state index contributed by atoms with van der Waals surface area (Å²) in [7, 11) is 3.29. The first-order valence-corrected chi connectivity index (χ1v) is 6.86. The van der Waals surface area contributed by atoms with Crippen LogP contribution in [0.5, 0.6) is 0 Å². The molecule has 0 atom stereocenters. The van der Waals surface area contributed by atoms with Crippen molar-refractivity contribution in [3.63, 3.8) is 0 Å². The Hall–Kier alpha value is -2.70. The van der Waals surface area contributed by atoms with Crippen LogP contribution in [-0.2, 0) is 4.79 Å². The minimum atomic E-state index is -0.528. The molecular formula is C15H18N4O3. The van der Waals surface area contributed by atoms with E-state index in [9.17, 15) is 14.4 Å². The van der Waals surface area contributed by atoms with Gasteiger partial charge in [0.15, 0.2) is 0 Å². The summed E-state index contributed by atoms with van der Waals surface area (Å²) in [6.07, 6.45) is 3.08. The molecule has 0 fully saturated rings. The van der Waals surface area contributed by atoms with Gasteiger partial charge in [-0.3, -0.25) is 18.8 Å². The molecule has 0 aliphatic carbocycles. The van der Waals surface area contributed by atoms with Gasteiger partial charge in [-0.25, -0.2) is 4.98 Å². The maximum atomic E-state index is 12.3. The van der Waals surface area contributed by atoms with E-state index in [0.717, 1.165) is 5.56 Å². The second-order valence-electron chi connectivity index (χ2n) is 5.21. The molecule has 7 heteroatoms. The van der Waals surface area contributed by atoms with E-state index in [0.29, 0.717) is 5.65 Å². The van der Waals surface area contributed by atoms with Crippen molar-refractivity contribution in [1.82, 2.24) is 19.6 Å². The standard InChI is InChI=1S/C15H18N4O3/c1-10-4-5-12-17-8-11(15(22)19(12)9-10)14(21)16-7-6-13(20)18(2)3/h4-5,8-9H,6-7H2,1-3H3,(H,16,21). The highest BCUT2D eigenvalue weighted by molar-refractivity contribution is 5.94. The number of amides is 2. The highest BCUT2D eigenvalue weighted by Gasteiger charge is 2.13. The molecule has 0 spiro atoms. The van der Waals surface area contributed by atoms with Gasteiger partial charge in [-0.05, 0) is 18.6 Å². The quantitative estimate of drug-likeness (QED) is 0.875. The minimum Gasteiger partial charge on any atom is -0.351 e. The lowest BCUT2D eigenvalue weighted by molar-refractivity contribution is -0.128. The van der Waals surface area contributed by atoms with Crippen molar-refractivity contribution in [2.24, 2.45) is 0 Å². The maximum absolute atomic E-state index is 12.3. The van der Waals surface area contributed by atoms with Crippen LogP contribution in [0.15, 0.2) is 29.3 Å². The van der Waals surface area contributed by atoms with Gasteiger partial charge in [-0.2, -0.15) is 0 Å². The molecule has 2 amide bonds. The number of aromatic nitrogens is 2. The van der Waals surface area contributed by atoms with Gasteiger partial charge in [0.2, 0.25) is 5.91 Å². The van der Waals surface area contributed by atoms with Crippen molar-refractivity contribution in [1.29, 1.82) is 0 Å². The van der Waals surface area contributed by atoms with Crippen LogP contribution in [0.1, 0.15) is 22.3 Å².